The number of aryl methyl sites for hydroxylation is 3. The van der Waals surface area contributed by atoms with Crippen molar-refractivity contribution in [1.29, 1.82) is 0 Å². The molecule has 1 heterocycles. The molecule has 0 amide bonds. The van der Waals surface area contributed by atoms with Crippen LogP contribution in [0.3, 0.4) is 0 Å². The van der Waals surface area contributed by atoms with Crippen molar-refractivity contribution >= 4 is 0 Å². The van der Waals surface area contributed by atoms with Gasteiger partial charge in [-0.1, -0.05) is 34.5 Å². The Bertz CT molecular complexity index is 496. The zero-order valence-corrected chi connectivity index (χ0v) is 10.5. The van der Waals surface area contributed by atoms with Crippen molar-refractivity contribution in [3.05, 3.63) is 46.8 Å². The summed E-state index contributed by atoms with van der Waals surface area (Å²) in [7, 11) is 1.86. The molecule has 4 heteroatoms. The van der Waals surface area contributed by atoms with E-state index in [1.807, 2.05) is 7.05 Å². The Morgan fingerprint density at radius 2 is 1.88 bits per heavy atom. The van der Waals surface area contributed by atoms with E-state index in [0.717, 1.165) is 12.1 Å². The van der Waals surface area contributed by atoms with Gasteiger partial charge in [-0.3, -0.25) is 4.68 Å². The fourth-order valence-electron chi connectivity index (χ4n) is 2.18. The molecule has 0 fully saturated rings. The summed E-state index contributed by atoms with van der Waals surface area (Å²) >= 11 is 0. The lowest BCUT2D eigenvalue weighted by Gasteiger charge is -2.12. The number of nitrogens with zero attached hydrogens (tertiary/aromatic N) is 3. The van der Waals surface area contributed by atoms with Crippen molar-refractivity contribution in [3.63, 3.8) is 0 Å². The summed E-state index contributed by atoms with van der Waals surface area (Å²) in [6.07, 6.45) is 2.54. The quantitative estimate of drug-likeness (QED) is 0.872. The van der Waals surface area contributed by atoms with Crippen molar-refractivity contribution in [2.75, 3.05) is 0 Å². The first kappa shape index (κ1) is 11.8. The number of nitrogens with two attached hydrogens (primary N) is 1. The van der Waals surface area contributed by atoms with Gasteiger partial charge in [0, 0.05) is 7.05 Å². The standard InChI is InChI=1S/C13H18N4/c1-9-4-10(2)6-11(5-9)7-12(14)13-8-15-16-17(13)3/h4-6,8,12H,7,14H2,1-3H3. The molecule has 90 valence electrons. The zero-order valence-electron chi connectivity index (χ0n) is 10.5. The zero-order chi connectivity index (χ0) is 12.4. The highest BCUT2D eigenvalue weighted by Crippen LogP contribution is 2.16. The highest BCUT2D eigenvalue weighted by Gasteiger charge is 2.11. The van der Waals surface area contributed by atoms with E-state index < -0.39 is 0 Å². The first-order valence-electron chi connectivity index (χ1n) is 5.73. The van der Waals surface area contributed by atoms with E-state index >= 15 is 0 Å². The second-order valence-electron chi connectivity index (χ2n) is 4.59. The molecule has 2 rings (SSSR count). The van der Waals surface area contributed by atoms with E-state index in [9.17, 15) is 0 Å². The summed E-state index contributed by atoms with van der Waals surface area (Å²) in [5.74, 6) is 0. The predicted molar refractivity (Wildman–Crippen MR) is 67.6 cm³/mol. The minimum atomic E-state index is -0.0591. The number of hydrogen-bond donors (Lipinski definition) is 1. The van der Waals surface area contributed by atoms with Gasteiger partial charge in [0.1, 0.15) is 0 Å². The lowest BCUT2D eigenvalue weighted by Crippen LogP contribution is -2.17. The Kier molecular flexibility index (Phi) is 3.24. The number of aromatic nitrogens is 3. The average Bonchev–Trinajstić information content (AvgIpc) is 2.62. The Balaban J connectivity index is 2.18. The molecular formula is C13H18N4. The Morgan fingerprint density at radius 1 is 1.24 bits per heavy atom. The third-order valence-electron chi connectivity index (χ3n) is 2.87. The molecule has 1 atom stereocenters. The summed E-state index contributed by atoms with van der Waals surface area (Å²) in [5, 5.41) is 7.75. The molecule has 17 heavy (non-hydrogen) atoms. The number of hydrogen-bond acceptors (Lipinski definition) is 3. The van der Waals surface area contributed by atoms with E-state index in [0.29, 0.717) is 0 Å². The van der Waals surface area contributed by atoms with E-state index in [4.69, 9.17) is 5.73 Å². The van der Waals surface area contributed by atoms with Crippen LogP contribution in [0.2, 0.25) is 0 Å². The fourth-order valence-corrected chi connectivity index (χ4v) is 2.18. The maximum absolute atomic E-state index is 6.17. The van der Waals surface area contributed by atoms with Gasteiger partial charge in [0.05, 0.1) is 17.9 Å². The van der Waals surface area contributed by atoms with Crippen LogP contribution < -0.4 is 5.73 Å². The van der Waals surface area contributed by atoms with Crippen LogP contribution >= 0.6 is 0 Å². The van der Waals surface area contributed by atoms with Gasteiger partial charge in [0.15, 0.2) is 0 Å². The van der Waals surface area contributed by atoms with E-state index in [2.05, 4.69) is 42.4 Å². The van der Waals surface area contributed by atoms with Crippen LogP contribution in [-0.2, 0) is 13.5 Å². The molecule has 0 radical (unpaired) electrons. The highest BCUT2D eigenvalue weighted by atomic mass is 15.4. The van der Waals surface area contributed by atoms with Crippen LogP contribution in [0.25, 0.3) is 0 Å². The van der Waals surface area contributed by atoms with Gasteiger partial charge in [0.25, 0.3) is 0 Å². The van der Waals surface area contributed by atoms with Crippen LogP contribution in [-0.4, -0.2) is 15.0 Å². The van der Waals surface area contributed by atoms with Crippen LogP contribution in [0.15, 0.2) is 24.4 Å². The molecule has 0 saturated carbocycles. The third-order valence-corrected chi connectivity index (χ3v) is 2.87. The Labute approximate surface area is 101 Å². The normalized spacial score (nSPS) is 12.7. The van der Waals surface area contributed by atoms with Gasteiger partial charge in [0.2, 0.25) is 0 Å². The largest absolute Gasteiger partial charge is 0.322 e. The lowest BCUT2D eigenvalue weighted by atomic mass is 10.0. The molecule has 1 unspecified atom stereocenters. The summed E-state index contributed by atoms with van der Waals surface area (Å²) in [6, 6.07) is 6.46. The highest BCUT2D eigenvalue weighted by molar-refractivity contribution is 5.29. The maximum Gasteiger partial charge on any atom is 0.0754 e. The van der Waals surface area contributed by atoms with Gasteiger partial charge in [-0.05, 0) is 25.8 Å². The van der Waals surface area contributed by atoms with Crippen molar-refractivity contribution in [2.45, 2.75) is 26.3 Å². The molecule has 0 aliphatic rings. The van der Waals surface area contributed by atoms with Crippen LogP contribution in [0.1, 0.15) is 28.4 Å². The molecule has 0 aliphatic carbocycles. The van der Waals surface area contributed by atoms with Crippen molar-refractivity contribution in [3.8, 4) is 0 Å². The van der Waals surface area contributed by atoms with E-state index in [1.54, 1.807) is 10.9 Å². The van der Waals surface area contributed by atoms with E-state index in [1.165, 1.54) is 16.7 Å². The molecule has 0 spiro atoms. The topological polar surface area (TPSA) is 56.7 Å². The molecule has 2 N–H and O–H groups in total. The molecular weight excluding hydrogens is 212 g/mol. The summed E-state index contributed by atoms with van der Waals surface area (Å²) in [4.78, 5) is 0. The SMILES string of the molecule is Cc1cc(C)cc(CC(N)c2cnnn2C)c1. The maximum atomic E-state index is 6.17. The van der Waals surface area contributed by atoms with Gasteiger partial charge >= 0.3 is 0 Å². The van der Waals surface area contributed by atoms with Gasteiger partial charge in [-0.15, -0.1) is 5.10 Å². The molecule has 0 aliphatic heterocycles. The average molecular weight is 230 g/mol. The van der Waals surface area contributed by atoms with E-state index in [-0.39, 0.29) is 6.04 Å². The molecule has 0 saturated heterocycles. The first-order valence-corrected chi connectivity index (χ1v) is 5.73. The molecule has 2 aromatic rings. The number of rotatable bonds is 3. The second kappa shape index (κ2) is 4.67. The van der Waals surface area contributed by atoms with Gasteiger partial charge < -0.3 is 5.73 Å². The number of benzene rings is 1. The first-order chi connectivity index (χ1) is 8.06. The minimum absolute atomic E-state index is 0.0591. The molecule has 1 aromatic heterocycles. The Morgan fingerprint density at radius 3 is 2.41 bits per heavy atom. The van der Waals surface area contributed by atoms with Crippen molar-refractivity contribution in [1.82, 2.24) is 15.0 Å². The van der Waals surface area contributed by atoms with Crippen LogP contribution in [0, 0.1) is 13.8 Å². The smallest absolute Gasteiger partial charge is 0.0754 e. The van der Waals surface area contributed by atoms with Gasteiger partial charge in [-0.25, -0.2) is 0 Å². The van der Waals surface area contributed by atoms with Gasteiger partial charge in [-0.2, -0.15) is 0 Å². The molecule has 0 bridgehead atoms. The summed E-state index contributed by atoms with van der Waals surface area (Å²) in [5.41, 5.74) is 10.9. The van der Waals surface area contributed by atoms with Crippen LogP contribution in [0.5, 0.6) is 0 Å². The lowest BCUT2D eigenvalue weighted by molar-refractivity contribution is 0.606. The summed E-state index contributed by atoms with van der Waals surface area (Å²) < 4.78 is 1.73. The monoisotopic (exact) mass is 230 g/mol. The molecule has 1 aromatic carbocycles. The van der Waals surface area contributed by atoms with Crippen LogP contribution in [0.4, 0.5) is 0 Å². The second-order valence-corrected chi connectivity index (χ2v) is 4.59. The van der Waals surface area contributed by atoms with Crippen molar-refractivity contribution < 1.29 is 0 Å². The summed E-state index contributed by atoms with van der Waals surface area (Å²) in [6.45, 7) is 4.21. The Hall–Kier alpha value is -1.68. The third kappa shape index (κ3) is 2.71. The fraction of sp³-hybridized carbons (Fsp3) is 0.385. The minimum Gasteiger partial charge on any atom is -0.322 e. The van der Waals surface area contributed by atoms with Crippen molar-refractivity contribution in [2.24, 2.45) is 12.8 Å². The molecule has 4 nitrogen and oxygen atoms in total. The predicted octanol–water partition coefficient (Wildman–Crippen LogP) is 1.67.